The zero-order valence-electron chi connectivity index (χ0n) is 10.6. The number of carboxylic acids is 1. The van der Waals surface area contributed by atoms with Gasteiger partial charge in [0.15, 0.2) is 0 Å². The fraction of sp³-hybridized carbons (Fsp3) is 0.846. The molecule has 0 aliphatic heterocycles. The maximum Gasteiger partial charge on any atom is 0.326 e. The van der Waals surface area contributed by atoms with Gasteiger partial charge in [-0.1, -0.05) is 39.0 Å². The van der Waals surface area contributed by atoms with E-state index in [2.05, 4.69) is 5.32 Å². The van der Waals surface area contributed by atoms with Gasteiger partial charge in [-0.25, -0.2) is 4.79 Å². The van der Waals surface area contributed by atoms with Crippen LogP contribution in [0, 0.1) is 5.92 Å². The van der Waals surface area contributed by atoms with Crippen LogP contribution in [0.2, 0.25) is 0 Å². The SMILES string of the molecule is CCCC[C@@H](NC(=O)C1CCCCC1)C(=O)O. The van der Waals surface area contributed by atoms with Crippen molar-refractivity contribution in [3.63, 3.8) is 0 Å². The fourth-order valence-electron chi connectivity index (χ4n) is 2.32. The molecule has 0 heterocycles. The second-order valence-corrected chi connectivity index (χ2v) is 4.88. The van der Waals surface area contributed by atoms with Gasteiger partial charge < -0.3 is 10.4 Å². The Morgan fingerprint density at radius 3 is 2.47 bits per heavy atom. The van der Waals surface area contributed by atoms with Crippen LogP contribution in [0.3, 0.4) is 0 Å². The molecule has 1 fully saturated rings. The van der Waals surface area contributed by atoms with Crippen LogP contribution in [0.15, 0.2) is 0 Å². The zero-order chi connectivity index (χ0) is 12.7. The van der Waals surface area contributed by atoms with Crippen molar-refractivity contribution < 1.29 is 14.7 Å². The summed E-state index contributed by atoms with van der Waals surface area (Å²) in [5.74, 6) is -0.942. The lowest BCUT2D eigenvalue weighted by Gasteiger charge is -2.23. The lowest BCUT2D eigenvalue weighted by Crippen LogP contribution is -2.44. The molecule has 0 aromatic carbocycles. The van der Waals surface area contributed by atoms with E-state index >= 15 is 0 Å². The van der Waals surface area contributed by atoms with Gasteiger partial charge in [0.05, 0.1) is 0 Å². The van der Waals surface area contributed by atoms with E-state index in [0.29, 0.717) is 6.42 Å². The first kappa shape index (κ1) is 14.0. The van der Waals surface area contributed by atoms with Crippen LogP contribution in [-0.2, 0) is 9.59 Å². The summed E-state index contributed by atoms with van der Waals surface area (Å²) in [7, 11) is 0. The highest BCUT2D eigenvalue weighted by Gasteiger charge is 2.25. The molecule has 0 saturated heterocycles. The van der Waals surface area contributed by atoms with E-state index < -0.39 is 12.0 Å². The maximum absolute atomic E-state index is 11.9. The number of unbranched alkanes of at least 4 members (excludes halogenated alkanes) is 1. The molecular formula is C13H23NO3. The summed E-state index contributed by atoms with van der Waals surface area (Å²) < 4.78 is 0. The van der Waals surface area contributed by atoms with Crippen molar-refractivity contribution in [2.45, 2.75) is 64.3 Å². The monoisotopic (exact) mass is 241 g/mol. The summed E-state index contributed by atoms with van der Waals surface area (Å²) in [4.78, 5) is 22.9. The van der Waals surface area contributed by atoms with Crippen molar-refractivity contribution >= 4 is 11.9 Å². The first-order valence-electron chi connectivity index (χ1n) is 6.68. The first-order chi connectivity index (χ1) is 8.15. The van der Waals surface area contributed by atoms with Gasteiger partial charge in [0, 0.05) is 5.92 Å². The van der Waals surface area contributed by atoms with Crippen LogP contribution in [0.4, 0.5) is 0 Å². The topological polar surface area (TPSA) is 66.4 Å². The van der Waals surface area contributed by atoms with Crippen LogP contribution in [0.1, 0.15) is 58.3 Å². The Labute approximate surface area is 103 Å². The highest BCUT2D eigenvalue weighted by Crippen LogP contribution is 2.23. The number of nitrogens with one attached hydrogen (secondary N) is 1. The predicted octanol–water partition coefficient (Wildman–Crippen LogP) is 2.33. The Kier molecular flexibility index (Phi) is 6.01. The average molecular weight is 241 g/mol. The second kappa shape index (κ2) is 7.30. The molecule has 1 saturated carbocycles. The van der Waals surface area contributed by atoms with Crippen LogP contribution in [0.5, 0.6) is 0 Å². The minimum atomic E-state index is -0.914. The molecule has 0 aromatic rings. The molecule has 1 aliphatic carbocycles. The third-order valence-electron chi connectivity index (χ3n) is 3.44. The Morgan fingerprint density at radius 2 is 1.94 bits per heavy atom. The Balaban J connectivity index is 2.42. The van der Waals surface area contributed by atoms with E-state index in [1.165, 1.54) is 6.42 Å². The Morgan fingerprint density at radius 1 is 1.29 bits per heavy atom. The normalized spacial score (nSPS) is 18.6. The van der Waals surface area contributed by atoms with Gasteiger partial charge in [0.1, 0.15) is 6.04 Å². The van der Waals surface area contributed by atoms with E-state index in [4.69, 9.17) is 5.11 Å². The first-order valence-corrected chi connectivity index (χ1v) is 6.68. The standard InChI is InChI=1S/C13H23NO3/c1-2-3-9-11(13(16)17)14-12(15)10-7-5-4-6-8-10/h10-11H,2-9H2,1H3,(H,14,15)(H,16,17)/t11-/m1/s1. The van der Waals surface area contributed by atoms with Gasteiger partial charge in [0.2, 0.25) is 5.91 Å². The van der Waals surface area contributed by atoms with Crippen LogP contribution in [0.25, 0.3) is 0 Å². The van der Waals surface area contributed by atoms with E-state index in [1.807, 2.05) is 6.92 Å². The van der Waals surface area contributed by atoms with Crippen molar-refractivity contribution in [1.29, 1.82) is 0 Å². The maximum atomic E-state index is 11.9. The molecule has 4 heteroatoms. The molecule has 17 heavy (non-hydrogen) atoms. The van der Waals surface area contributed by atoms with Gasteiger partial charge in [0.25, 0.3) is 0 Å². The zero-order valence-corrected chi connectivity index (χ0v) is 10.6. The second-order valence-electron chi connectivity index (χ2n) is 4.88. The minimum Gasteiger partial charge on any atom is -0.480 e. The number of hydrogen-bond acceptors (Lipinski definition) is 2. The van der Waals surface area contributed by atoms with Crippen LogP contribution >= 0.6 is 0 Å². The highest BCUT2D eigenvalue weighted by molar-refractivity contribution is 5.84. The average Bonchev–Trinajstić information content (AvgIpc) is 2.35. The lowest BCUT2D eigenvalue weighted by molar-refractivity contribution is -0.142. The number of amides is 1. The molecule has 0 unspecified atom stereocenters. The number of carbonyl (C=O) groups is 2. The molecule has 1 rings (SSSR count). The number of aliphatic carboxylic acids is 1. The number of carboxylic acid groups (broad SMARTS) is 1. The van der Waals surface area contributed by atoms with E-state index in [0.717, 1.165) is 38.5 Å². The summed E-state index contributed by atoms with van der Waals surface area (Å²) in [6.07, 6.45) is 7.50. The van der Waals surface area contributed by atoms with E-state index in [-0.39, 0.29) is 11.8 Å². The van der Waals surface area contributed by atoms with Crippen molar-refractivity contribution in [2.24, 2.45) is 5.92 Å². The summed E-state index contributed by atoms with van der Waals surface area (Å²) in [5, 5.41) is 11.7. The summed E-state index contributed by atoms with van der Waals surface area (Å²) >= 11 is 0. The van der Waals surface area contributed by atoms with Crippen molar-refractivity contribution in [2.75, 3.05) is 0 Å². The number of rotatable bonds is 6. The molecular weight excluding hydrogens is 218 g/mol. The van der Waals surface area contributed by atoms with Crippen LogP contribution in [-0.4, -0.2) is 23.0 Å². The summed E-state index contributed by atoms with van der Waals surface area (Å²) in [6, 6.07) is -0.704. The van der Waals surface area contributed by atoms with E-state index in [1.54, 1.807) is 0 Å². The molecule has 1 aliphatic rings. The van der Waals surface area contributed by atoms with Crippen molar-refractivity contribution in [1.82, 2.24) is 5.32 Å². The quantitative estimate of drug-likeness (QED) is 0.750. The van der Waals surface area contributed by atoms with E-state index in [9.17, 15) is 9.59 Å². The lowest BCUT2D eigenvalue weighted by atomic mass is 9.88. The summed E-state index contributed by atoms with van der Waals surface area (Å²) in [6.45, 7) is 2.02. The van der Waals surface area contributed by atoms with Gasteiger partial charge in [-0.2, -0.15) is 0 Å². The third-order valence-corrected chi connectivity index (χ3v) is 3.44. The summed E-state index contributed by atoms with van der Waals surface area (Å²) in [5.41, 5.74) is 0. The molecule has 98 valence electrons. The largest absolute Gasteiger partial charge is 0.480 e. The molecule has 0 bridgehead atoms. The minimum absolute atomic E-state index is 0.0345. The predicted molar refractivity (Wildman–Crippen MR) is 65.7 cm³/mol. The number of carbonyl (C=O) groups excluding carboxylic acids is 1. The highest BCUT2D eigenvalue weighted by atomic mass is 16.4. The molecule has 4 nitrogen and oxygen atoms in total. The molecule has 0 radical (unpaired) electrons. The van der Waals surface area contributed by atoms with Gasteiger partial charge in [-0.15, -0.1) is 0 Å². The Hall–Kier alpha value is -1.06. The molecule has 0 aromatic heterocycles. The van der Waals surface area contributed by atoms with Gasteiger partial charge >= 0.3 is 5.97 Å². The molecule has 2 N–H and O–H groups in total. The van der Waals surface area contributed by atoms with Crippen molar-refractivity contribution in [3.05, 3.63) is 0 Å². The fourth-order valence-corrected chi connectivity index (χ4v) is 2.32. The Bertz CT molecular complexity index is 259. The number of hydrogen-bond donors (Lipinski definition) is 2. The molecule has 1 amide bonds. The van der Waals surface area contributed by atoms with Crippen molar-refractivity contribution in [3.8, 4) is 0 Å². The molecule has 0 spiro atoms. The molecule has 1 atom stereocenters. The smallest absolute Gasteiger partial charge is 0.326 e. The van der Waals surface area contributed by atoms with Gasteiger partial charge in [-0.05, 0) is 19.3 Å². The third kappa shape index (κ3) is 4.75. The van der Waals surface area contributed by atoms with Crippen LogP contribution < -0.4 is 5.32 Å². The van der Waals surface area contributed by atoms with Gasteiger partial charge in [-0.3, -0.25) is 4.79 Å².